The Bertz CT molecular complexity index is 1270. The molecular formula is C22H21IN6O4. The molecule has 0 bridgehead atoms. The zero-order valence-electron chi connectivity index (χ0n) is 17.9. The Morgan fingerprint density at radius 2 is 1.85 bits per heavy atom. The van der Waals surface area contributed by atoms with Gasteiger partial charge in [0.2, 0.25) is 0 Å². The summed E-state index contributed by atoms with van der Waals surface area (Å²) in [6.07, 6.45) is 4.90. The number of furan rings is 1. The largest absolute Gasteiger partial charge is 0.486 e. The lowest BCUT2D eigenvalue weighted by Crippen LogP contribution is -2.26. The van der Waals surface area contributed by atoms with E-state index in [1.807, 2.05) is 30.5 Å². The van der Waals surface area contributed by atoms with Crippen molar-refractivity contribution in [2.45, 2.75) is 13.2 Å². The molecule has 0 saturated carbocycles. The maximum absolute atomic E-state index is 12.7. The van der Waals surface area contributed by atoms with Crippen molar-refractivity contribution >= 4 is 40.1 Å². The Labute approximate surface area is 203 Å². The number of carbonyl (C=O) groups is 2. The van der Waals surface area contributed by atoms with Gasteiger partial charge >= 0.3 is 0 Å². The molecule has 1 aromatic carbocycles. The van der Waals surface area contributed by atoms with Crippen molar-refractivity contribution < 1.29 is 18.7 Å². The molecule has 0 aliphatic rings. The topological polar surface area (TPSA) is 116 Å². The van der Waals surface area contributed by atoms with E-state index < -0.39 is 5.91 Å². The number of anilines is 1. The lowest BCUT2D eigenvalue weighted by molar-refractivity contribution is 0.0942. The van der Waals surface area contributed by atoms with Crippen molar-refractivity contribution in [1.82, 2.24) is 24.9 Å². The summed E-state index contributed by atoms with van der Waals surface area (Å²) < 4.78 is 15.4. The third kappa shape index (κ3) is 5.61. The van der Waals surface area contributed by atoms with Gasteiger partial charge in [0, 0.05) is 36.0 Å². The number of hydrogen-bond donors (Lipinski definition) is 2. The first kappa shape index (κ1) is 22.6. The Hall–Kier alpha value is -3.61. The number of aromatic nitrogens is 4. The highest BCUT2D eigenvalue weighted by molar-refractivity contribution is 14.1. The summed E-state index contributed by atoms with van der Waals surface area (Å²) in [5.74, 6) is 0.432. The first-order valence-corrected chi connectivity index (χ1v) is 11.0. The highest BCUT2D eigenvalue weighted by Gasteiger charge is 2.20. The molecule has 0 saturated heterocycles. The summed E-state index contributed by atoms with van der Waals surface area (Å²) in [5.41, 5.74) is 1.36. The molecule has 0 spiro atoms. The molecule has 33 heavy (non-hydrogen) atoms. The van der Waals surface area contributed by atoms with Gasteiger partial charge in [-0.15, -0.1) is 0 Å². The second-order valence-electron chi connectivity index (χ2n) is 7.20. The van der Waals surface area contributed by atoms with Crippen LogP contribution in [0.2, 0.25) is 0 Å². The number of ether oxygens (including phenoxy) is 1. The molecule has 0 radical (unpaired) electrons. The summed E-state index contributed by atoms with van der Waals surface area (Å²) in [5, 5.41) is 13.7. The smallest absolute Gasteiger partial charge is 0.291 e. The summed E-state index contributed by atoms with van der Waals surface area (Å²) >= 11 is 2.22. The van der Waals surface area contributed by atoms with Gasteiger partial charge in [-0.25, -0.2) is 0 Å². The Morgan fingerprint density at radius 1 is 1.06 bits per heavy atom. The van der Waals surface area contributed by atoms with E-state index in [0.29, 0.717) is 18.1 Å². The SMILES string of the molecule is Cn1cc(CNC(=O)c2c(NC(=O)c3ccc(COc4ccc(I)cc4)o3)cnn2C)cn1. The van der Waals surface area contributed by atoms with Gasteiger partial charge in [-0.1, -0.05) is 0 Å². The molecule has 4 aromatic rings. The average Bonchev–Trinajstić information content (AvgIpc) is 3.52. The van der Waals surface area contributed by atoms with Gasteiger partial charge in [0.05, 0.1) is 18.1 Å². The van der Waals surface area contributed by atoms with Gasteiger partial charge in [0.25, 0.3) is 11.8 Å². The third-order valence-electron chi connectivity index (χ3n) is 4.69. The van der Waals surface area contributed by atoms with Crippen LogP contribution >= 0.6 is 22.6 Å². The molecule has 0 aliphatic carbocycles. The van der Waals surface area contributed by atoms with Crippen molar-refractivity contribution in [2.24, 2.45) is 14.1 Å². The minimum Gasteiger partial charge on any atom is -0.486 e. The molecule has 0 atom stereocenters. The van der Waals surface area contributed by atoms with Crippen molar-refractivity contribution in [2.75, 3.05) is 5.32 Å². The maximum Gasteiger partial charge on any atom is 0.291 e. The van der Waals surface area contributed by atoms with Gasteiger partial charge in [-0.2, -0.15) is 10.2 Å². The lowest BCUT2D eigenvalue weighted by atomic mass is 10.3. The monoisotopic (exact) mass is 560 g/mol. The van der Waals surface area contributed by atoms with E-state index >= 15 is 0 Å². The number of amides is 2. The average molecular weight is 560 g/mol. The minimum absolute atomic E-state index is 0.0989. The quantitative estimate of drug-likeness (QED) is 0.320. The van der Waals surface area contributed by atoms with E-state index in [9.17, 15) is 9.59 Å². The van der Waals surface area contributed by atoms with E-state index in [0.717, 1.165) is 9.13 Å². The molecule has 4 rings (SSSR count). The normalized spacial score (nSPS) is 10.8. The zero-order valence-corrected chi connectivity index (χ0v) is 20.1. The van der Waals surface area contributed by atoms with Crippen LogP contribution in [0, 0.1) is 3.57 Å². The molecule has 0 fully saturated rings. The number of halogens is 1. The standard InChI is InChI=1S/C22H21IN6O4/c1-28-12-14(10-25-28)9-24-22(31)20-18(11-26-29(20)2)27-21(30)19-8-7-17(33-19)13-32-16-5-3-15(23)4-6-16/h3-8,10-12H,9,13H2,1-2H3,(H,24,31)(H,27,30). The zero-order chi connectivity index (χ0) is 23.4. The number of rotatable bonds is 8. The number of carbonyl (C=O) groups excluding carboxylic acids is 2. The van der Waals surface area contributed by atoms with Crippen molar-refractivity contribution in [3.63, 3.8) is 0 Å². The summed E-state index contributed by atoms with van der Waals surface area (Å²) in [6, 6.07) is 10.8. The van der Waals surface area contributed by atoms with E-state index in [1.54, 1.807) is 37.1 Å². The van der Waals surface area contributed by atoms with Crippen LogP contribution in [-0.4, -0.2) is 31.4 Å². The highest BCUT2D eigenvalue weighted by atomic mass is 127. The Morgan fingerprint density at radius 3 is 2.58 bits per heavy atom. The van der Waals surface area contributed by atoms with Gasteiger partial charge in [0.15, 0.2) is 5.76 Å². The van der Waals surface area contributed by atoms with Gasteiger partial charge in [0.1, 0.15) is 23.8 Å². The number of nitrogens with zero attached hydrogens (tertiary/aromatic N) is 4. The number of benzene rings is 1. The van der Waals surface area contributed by atoms with Crippen LogP contribution in [0.15, 0.2) is 59.4 Å². The van der Waals surface area contributed by atoms with Crippen molar-refractivity contribution in [3.05, 3.63) is 81.3 Å². The Kier molecular flexibility index (Phi) is 6.77. The summed E-state index contributed by atoms with van der Waals surface area (Å²) in [7, 11) is 3.43. The van der Waals surface area contributed by atoms with Gasteiger partial charge < -0.3 is 19.8 Å². The fourth-order valence-electron chi connectivity index (χ4n) is 3.07. The maximum atomic E-state index is 12.7. The summed E-state index contributed by atoms with van der Waals surface area (Å²) in [6.45, 7) is 0.482. The van der Waals surface area contributed by atoms with E-state index in [1.165, 1.54) is 10.9 Å². The molecule has 2 N–H and O–H groups in total. The van der Waals surface area contributed by atoms with Crippen LogP contribution in [0.25, 0.3) is 0 Å². The summed E-state index contributed by atoms with van der Waals surface area (Å²) in [4.78, 5) is 25.4. The molecule has 2 amide bonds. The predicted octanol–water partition coefficient (Wildman–Crippen LogP) is 3.11. The van der Waals surface area contributed by atoms with Gasteiger partial charge in [-0.05, 0) is 59.0 Å². The number of hydrogen-bond acceptors (Lipinski definition) is 6. The van der Waals surface area contributed by atoms with Crippen LogP contribution in [0.4, 0.5) is 5.69 Å². The number of aryl methyl sites for hydroxylation is 2. The van der Waals surface area contributed by atoms with Crippen LogP contribution in [-0.2, 0) is 27.2 Å². The fraction of sp³-hybridized carbons (Fsp3) is 0.182. The second kappa shape index (κ2) is 9.90. The lowest BCUT2D eigenvalue weighted by Gasteiger charge is -2.08. The first-order valence-electron chi connectivity index (χ1n) is 9.95. The van der Waals surface area contributed by atoms with Crippen LogP contribution in [0.3, 0.4) is 0 Å². The molecule has 10 nitrogen and oxygen atoms in total. The van der Waals surface area contributed by atoms with Crippen LogP contribution in [0.5, 0.6) is 5.75 Å². The van der Waals surface area contributed by atoms with E-state index in [-0.39, 0.29) is 29.7 Å². The molecule has 11 heteroatoms. The predicted molar refractivity (Wildman–Crippen MR) is 128 cm³/mol. The molecular weight excluding hydrogens is 539 g/mol. The van der Waals surface area contributed by atoms with Crippen molar-refractivity contribution in [1.29, 1.82) is 0 Å². The second-order valence-corrected chi connectivity index (χ2v) is 8.44. The van der Waals surface area contributed by atoms with Crippen LogP contribution in [0.1, 0.15) is 32.4 Å². The van der Waals surface area contributed by atoms with E-state index in [4.69, 9.17) is 9.15 Å². The first-order chi connectivity index (χ1) is 15.9. The van der Waals surface area contributed by atoms with Crippen LogP contribution < -0.4 is 15.4 Å². The molecule has 170 valence electrons. The number of nitrogens with one attached hydrogen (secondary N) is 2. The van der Waals surface area contributed by atoms with Gasteiger partial charge in [-0.3, -0.25) is 19.0 Å². The highest BCUT2D eigenvalue weighted by Crippen LogP contribution is 2.19. The fourth-order valence-corrected chi connectivity index (χ4v) is 3.43. The minimum atomic E-state index is -0.496. The molecule has 3 aromatic heterocycles. The third-order valence-corrected chi connectivity index (χ3v) is 5.41. The molecule has 0 unspecified atom stereocenters. The van der Waals surface area contributed by atoms with E-state index in [2.05, 4.69) is 43.4 Å². The van der Waals surface area contributed by atoms with Crippen molar-refractivity contribution in [3.8, 4) is 5.75 Å². The Balaban J connectivity index is 1.37. The molecule has 3 heterocycles. The molecule has 0 aliphatic heterocycles.